The highest BCUT2D eigenvalue weighted by molar-refractivity contribution is 5.18. The molecule has 1 heterocycles. The van der Waals surface area contributed by atoms with Gasteiger partial charge in [0, 0.05) is 0 Å². The zero-order valence-electron chi connectivity index (χ0n) is 9.42. The van der Waals surface area contributed by atoms with Crippen LogP contribution in [0.4, 0.5) is 0 Å². The molecule has 1 aromatic heterocycles. The minimum Gasteiger partial charge on any atom is -0.449 e. The number of nitrogens with zero attached hydrogens (tertiary/aromatic N) is 1. The third-order valence-electron chi connectivity index (χ3n) is 2.66. The highest BCUT2D eigenvalue weighted by Crippen LogP contribution is 2.08. The van der Waals surface area contributed by atoms with Crippen LogP contribution in [0.15, 0.2) is 16.5 Å². The zero-order valence-corrected chi connectivity index (χ0v) is 9.42. The van der Waals surface area contributed by atoms with Gasteiger partial charge in [-0.15, -0.1) is 0 Å². The first-order valence-corrected chi connectivity index (χ1v) is 5.49. The molecular weight excluding hydrogens is 188 g/mol. The molecule has 1 aromatic rings. The summed E-state index contributed by atoms with van der Waals surface area (Å²) in [5.41, 5.74) is 0. The molecule has 0 fully saturated rings. The summed E-state index contributed by atoms with van der Waals surface area (Å²) < 4.78 is 5.26. The van der Waals surface area contributed by atoms with Crippen molar-refractivity contribution in [3.8, 4) is 6.07 Å². The van der Waals surface area contributed by atoms with Gasteiger partial charge in [0.2, 0.25) is 5.76 Å². The average molecular weight is 206 g/mol. The normalized spacial score (nSPS) is 10.5. The number of hydrogen-bond acceptors (Lipinski definition) is 3. The molecule has 0 bridgehead atoms. The summed E-state index contributed by atoms with van der Waals surface area (Å²) in [5, 5.41) is 11.9. The van der Waals surface area contributed by atoms with Crippen LogP contribution in [-0.2, 0) is 6.54 Å². The minimum absolute atomic E-state index is 0.384. The number of hydrogen-bond donors (Lipinski definition) is 1. The largest absolute Gasteiger partial charge is 0.449 e. The van der Waals surface area contributed by atoms with E-state index in [2.05, 4.69) is 19.2 Å². The first kappa shape index (κ1) is 11.8. The topological polar surface area (TPSA) is 49.0 Å². The summed E-state index contributed by atoms with van der Waals surface area (Å²) >= 11 is 0. The fraction of sp³-hybridized carbons (Fsp3) is 0.583. The quantitative estimate of drug-likeness (QED) is 0.778. The molecule has 0 radical (unpaired) electrons. The predicted molar refractivity (Wildman–Crippen MR) is 59.2 cm³/mol. The number of rotatable bonds is 6. The molecule has 3 heteroatoms. The molecule has 0 spiro atoms. The highest BCUT2D eigenvalue weighted by atomic mass is 16.3. The molecule has 0 aromatic carbocycles. The van der Waals surface area contributed by atoms with Gasteiger partial charge in [-0.05, 0) is 24.6 Å². The van der Waals surface area contributed by atoms with E-state index in [1.807, 2.05) is 12.1 Å². The van der Waals surface area contributed by atoms with Gasteiger partial charge in [-0.3, -0.25) is 0 Å². The van der Waals surface area contributed by atoms with Gasteiger partial charge in [-0.1, -0.05) is 26.7 Å². The lowest BCUT2D eigenvalue weighted by molar-refractivity contribution is 0.420. The van der Waals surface area contributed by atoms with E-state index >= 15 is 0 Å². The molecule has 1 N–H and O–H groups in total. The van der Waals surface area contributed by atoms with E-state index in [4.69, 9.17) is 9.68 Å². The van der Waals surface area contributed by atoms with Crippen molar-refractivity contribution in [2.75, 3.05) is 6.54 Å². The van der Waals surface area contributed by atoms with Gasteiger partial charge in [-0.25, -0.2) is 0 Å². The average Bonchev–Trinajstić information content (AvgIpc) is 2.72. The Kier molecular flexibility index (Phi) is 4.92. The molecule has 0 unspecified atom stereocenters. The van der Waals surface area contributed by atoms with Crippen LogP contribution in [0.1, 0.15) is 38.2 Å². The Bertz CT molecular complexity index is 321. The molecule has 3 nitrogen and oxygen atoms in total. The summed E-state index contributed by atoms with van der Waals surface area (Å²) in [6.07, 6.45) is 2.40. The Labute approximate surface area is 91.1 Å². The molecule has 0 aliphatic rings. The minimum atomic E-state index is 0.384. The Morgan fingerprint density at radius 1 is 1.40 bits per heavy atom. The van der Waals surface area contributed by atoms with E-state index in [1.54, 1.807) is 6.07 Å². The van der Waals surface area contributed by atoms with Crippen molar-refractivity contribution in [2.24, 2.45) is 5.92 Å². The Balaban J connectivity index is 2.28. The van der Waals surface area contributed by atoms with Crippen LogP contribution in [0.3, 0.4) is 0 Å². The van der Waals surface area contributed by atoms with Crippen molar-refractivity contribution in [3.63, 3.8) is 0 Å². The van der Waals surface area contributed by atoms with Crippen molar-refractivity contribution in [1.29, 1.82) is 5.26 Å². The Hall–Kier alpha value is -1.27. The number of nitrogens with one attached hydrogen (secondary N) is 1. The molecule has 1 rings (SSSR count). The standard InChI is InChI=1S/C12H18N2O/c1-3-10(4-2)8-14-9-12-6-5-11(7-13)15-12/h5-6,10,14H,3-4,8-9H2,1-2H3. The second-order valence-corrected chi connectivity index (χ2v) is 3.69. The summed E-state index contributed by atoms with van der Waals surface area (Å²) in [6, 6.07) is 5.52. The van der Waals surface area contributed by atoms with Crippen LogP contribution in [0.5, 0.6) is 0 Å². The summed E-state index contributed by atoms with van der Waals surface area (Å²) in [4.78, 5) is 0. The summed E-state index contributed by atoms with van der Waals surface area (Å²) in [6.45, 7) is 6.13. The SMILES string of the molecule is CCC(CC)CNCc1ccc(C#N)o1. The lowest BCUT2D eigenvalue weighted by atomic mass is 10.0. The maximum Gasteiger partial charge on any atom is 0.203 e. The third-order valence-corrected chi connectivity index (χ3v) is 2.66. The molecule has 82 valence electrons. The van der Waals surface area contributed by atoms with Crippen molar-refractivity contribution < 1.29 is 4.42 Å². The van der Waals surface area contributed by atoms with Gasteiger partial charge < -0.3 is 9.73 Å². The van der Waals surface area contributed by atoms with E-state index in [-0.39, 0.29) is 0 Å². The summed E-state index contributed by atoms with van der Waals surface area (Å²) in [5.74, 6) is 1.95. The first-order valence-electron chi connectivity index (χ1n) is 5.49. The van der Waals surface area contributed by atoms with Gasteiger partial charge in [0.1, 0.15) is 11.8 Å². The molecule has 0 amide bonds. The predicted octanol–water partition coefficient (Wildman–Crippen LogP) is 2.68. The second-order valence-electron chi connectivity index (χ2n) is 3.69. The van der Waals surface area contributed by atoms with Gasteiger partial charge in [0.15, 0.2) is 0 Å². The second kappa shape index (κ2) is 6.26. The van der Waals surface area contributed by atoms with Crippen molar-refractivity contribution in [1.82, 2.24) is 5.32 Å². The van der Waals surface area contributed by atoms with Crippen molar-refractivity contribution in [2.45, 2.75) is 33.2 Å². The van der Waals surface area contributed by atoms with Crippen LogP contribution in [0.2, 0.25) is 0 Å². The number of nitriles is 1. The maximum absolute atomic E-state index is 8.58. The summed E-state index contributed by atoms with van der Waals surface area (Å²) in [7, 11) is 0. The van der Waals surface area contributed by atoms with E-state index < -0.39 is 0 Å². The lowest BCUT2D eigenvalue weighted by Crippen LogP contribution is -2.21. The first-order chi connectivity index (χ1) is 7.30. The van der Waals surface area contributed by atoms with E-state index in [1.165, 1.54) is 12.8 Å². The van der Waals surface area contributed by atoms with E-state index in [0.717, 1.165) is 18.2 Å². The monoisotopic (exact) mass is 206 g/mol. The Morgan fingerprint density at radius 2 is 2.13 bits per heavy atom. The third kappa shape index (κ3) is 3.77. The van der Waals surface area contributed by atoms with E-state index in [9.17, 15) is 0 Å². The van der Waals surface area contributed by atoms with Gasteiger partial charge in [0.05, 0.1) is 6.54 Å². The molecule has 15 heavy (non-hydrogen) atoms. The maximum atomic E-state index is 8.58. The molecule has 0 saturated carbocycles. The molecule has 0 atom stereocenters. The highest BCUT2D eigenvalue weighted by Gasteiger charge is 2.04. The van der Waals surface area contributed by atoms with Gasteiger partial charge in [-0.2, -0.15) is 5.26 Å². The number of furan rings is 1. The molecule has 0 aliphatic carbocycles. The van der Waals surface area contributed by atoms with Crippen molar-refractivity contribution >= 4 is 0 Å². The molecular formula is C12H18N2O. The van der Waals surface area contributed by atoms with Crippen LogP contribution in [-0.4, -0.2) is 6.54 Å². The zero-order chi connectivity index (χ0) is 11.1. The lowest BCUT2D eigenvalue weighted by Gasteiger charge is -2.12. The molecule has 0 saturated heterocycles. The smallest absolute Gasteiger partial charge is 0.203 e. The Morgan fingerprint density at radius 3 is 2.67 bits per heavy atom. The van der Waals surface area contributed by atoms with Crippen LogP contribution in [0, 0.1) is 17.2 Å². The fourth-order valence-corrected chi connectivity index (χ4v) is 1.51. The van der Waals surface area contributed by atoms with Crippen LogP contribution >= 0.6 is 0 Å². The van der Waals surface area contributed by atoms with Gasteiger partial charge in [0.25, 0.3) is 0 Å². The van der Waals surface area contributed by atoms with Gasteiger partial charge >= 0.3 is 0 Å². The van der Waals surface area contributed by atoms with Crippen LogP contribution < -0.4 is 5.32 Å². The van der Waals surface area contributed by atoms with Crippen molar-refractivity contribution in [3.05, 3.63) is 23.7 Å². The fourth-order valence-electron chi connectivity index (χ4n) is 1.51. The molecule has 0 aliphatic heterocycles. The van der Waals surface area contributed by atoms with Crippen LogP contribution in [0.25, 0.3) is 0 Å². The van der Waals surface area contributed by atoms with E-state index in [0.29, 0.717) is 12.3 Å².